The smallest absolute Gasteiger partial charge is 0.411 e. The van der Waals surface area contributed by atoms with E-state index in [1.165, 1.54) is 12.3 Å². The average molecular weight is 903 g/mol. The highest BCUT2D eigenvalue weighted by atomic mass is 19.1. The van der Waals surface area contributed by atoms with Crippen LogP contribution < -0.4 is 14.4 Å². The van der Waals surface area contributed by atoms with Crippen molar-refractivity contribution in [1.29, 1.82) is 0 Å². The van der Waals surface area contributed by atoms with Crippen molar-refractivity contribution in [1.82, 2.24) is 19.9 Å². The number of pyridine rings is 1. The highest BCUT2D eigenvalue weighted by Crippen LogP contribution is 2.54. The number of benzene rings is 2. The second kappa shape index (κ2) is 18.2. The van der Waals surface area contributed by atoms with E-state index in [4.69, 9.17) is 38.6 Å². The molecule has 7 heterocycles. The summed E-state index contributed by atoms with van der Waals surface area (Å²) >= 11 is 0. The fraction of sp³-hybridized carbons (Fsp3) is 0.529. The Morgan fingerprint density at radius 1 is 1.00 bits per heavy atom. The molecule has 2 aromatic heterocycles. The summed E-state index contributed by atoms with van der Waals surface area (Å²) in [6.07, 6.45) is 13.7. The van der Waals surface area contributed by atoms with E-state index in [0.717, 1.165) is 91.2 Å². The summed E-state index contributed by atoms with van der Waals surface area (Å²) in [5.74, 6) is -0.0940. The molecule has 1 amide bonds. The largest absolute Gasteiger partial charge is 0.486 e. The normalized spacial score (nSPS) is 23.0. The molecule has 15 heteroatoms. The van der Waals surface area contributed by atoms with Gasteiger partial charge in [0.15, 0.2) is 5.75 Å². The zero-order valence-electron chi connectivity index (χ0n) is 38.1. The van der Waals surface area contributed by atoms with Crippen LogP contribution in [0.25, 0.3) is 22.0 Å². The van der Waals surface area contributed by atoms with Crippen molar-refractivity contribution < 1.29 is 42.8 Å². The number of ether oxygens (including phenoxy) is 5. The second-order valence-corrected chi connectivity index (χ2v) is 19.4. The van der Waals surface area contributed by atoms with Crippen LogP contribution in [-0.2, 0) is 20.8 Å². The van der Waals surface area contributed by atoms with Crippen LogP contribution >= 0.6 is 0 Å². The maximum absolute atomic E-state index is 16.8. The quantitative estimate of drug-likeness (QED) is 0.120. The molecule has 5 fully saturated rings. The first-order valence-corrected chi connectivity index (χ1v) is 23.7. The minimum Gasteiger partial charge on any atom is -0.486 e. The fourth-order valence-corrected chi connectivity index (χ4v) is 10.4. The van der Waals surface area contributed by atoms with E-state index < -0.39 is 11.6 Å². The van der Waals surface area contributed by atoms with Gasteiger partial charge in [-0.05, 0) is 119 Å². The highest BCUT2D eigenvalue weighted by Gasteiger charge is 2.48. The molecule has 1 aliphatic carbocycles. The molecule has 4 saturated heterocycles. The summed E-state index contributed by atoms with van der Waals surface area (Å²) in [5, 5.41) is 10.4. The standard InChI is InChI=1S/C51H59FN6O8/c1-5-51(3,4)66-50(61)58-27-33-20-34(58)26-57(33)47-39-21-38(31-10-11-31)44(43-29(2)41(52)22-37-32(24-53-25-40(37)43)12-13-35-8-6-7-17-63-35)46(64-28-30-9-14-42(48(59)60)54-23-30)45(39)55-49(56-47)65-36-15-18-62-19-16-36/h5,9,14,21-23,25,31-36H,1,6-8,10-13,15-20,24,26-28H2,2-4H3,(H,59,60)/t32?,33-,34-,35?/m0/s1. The number of carboxylic acid groups (broad SMARTS) is 1. The summed E-state index contributed by atoms with van der Waals surface area (Å²) in [4.78, 5) is 48.9. The number of anilines is 1. The highest BCUT2D eigenvalue weighted by molar-refractivity contribution is 6.04. The number of rotatable bonds is 14. The van der Waals surface area contributed by atoms with Gasteiger partial charge in [-0.2, -0.15) is 9.97 Å². The molecule has 6 aliphatic rings. The van der Waals surface area contributed by atoms with Crippen molar-refractivity contribution in [2.24, 2.45) is 4.99 Å². The lowest BCUT2D eigenvalue weighted by Gasteiger charge is -2.36. The number of carbonyl (C=O) groups excluding carboxylic acids is 1. The maximum atomic E-state index is 16.8. The Morgan fingerprint density at radius 3 is 2.53 bits per heavy atom. The van der Waals surface area contributed by atoms with Gasteiger partial charge in [0.1, 0.15) is 41.2 Å². The van der Waals surface area contributed by atoms with E-state index in [2.05, 4.69) is 22.5 Å². The number of aliphatic imine (C=N–C) groups is 1. The molecule has 2 unspecified atom stereocenters. The lowest BCUT2D eigenvalue weighted by molar-refractivity contribution is 0.00914. The zero-order valence-corrected chi connectivity index (χ0v) is 38.1. The van der Waals surface area contributed by atoms with E-state index in [9.17, 15) is 14.7 Å². The number of nitrogens with zero attached hydrogens (tertiary/aromatic N) is 6. The molecule has 0 radical (unpaired) electrons. The number of amides is 1. The molecule has 5 aliphatic heterocycles. The van der Waals surface area contributed by atoms with E-state index in [0.29, 0.717) is 73.9 Å². The van der Waals surface area contributed by atoms with Crippen LogP contribution in [-0.4, -0.2) is 113 Å². The summed E-state index contributed by atoms with van der Waals surface area (Å²) < 4.78 is 48.1. The summed E-state index contributed by atoms with van der Waals surface area (Å²) in [5.41, 5.74) is 5.09. The SMILES string of the molecule is C=CC(C)(C)OC(=O)N1C[C@@H]2C[C@H]1CN2c1nc(OC2CCOCC2)nc2c(OCc3ccc(C(=O)O)nc3)c(-c3c(C)c(F)cc4c3C=NCC4CCC3CCCCO3)c(C3CC3)cc12. The van der Waals surface area contributed by atoms with Gasteiger partial charge >= 0.3 is 18.1 Å². The van der Waals surface area contributed by atoms with Crippen LogP contribution in [0.4, 0.5) is 15.0 Å². The maximum Gasteiger partial charge on any atom is 0.411 e. The van der Waals surface area contributed by atoms with Crippen molar-refractivity contribution in [3.05, 3.63) is 82.4 Å². The van der Waals surface area contributed by atoms with Gasteiger partial charge in [0.2, 0.25) is 0 Å². The molecule has 66 heavy (non-hydrogen) atoms. The second-order valence-electron chi connectivity index (χ2n) is 19.4. The van der Waals surface area contributed by atoms with Gasteiger partial charge < -0.3 is 38.6 Å². The van der Waals surface area contributed by atoms with E-state index in [-0.39, 0.29) is 66.3 Å². The number of carbonyl (C=O) groups is 2. The summed E-state index contributed by atoms with van der Waals surface area (Å²) in [7, 11) is 0. The predicted octanol–water partition coefficient (Wildman–Crippen LogP) is 9.08. The molecular weight excluding hydrogens is 844 g/mol. The Balaban J connectivity index is 1.13. The Hall–Kier alpha value is -5.67. The molecule has 2 bridgehead atoms. The van der Waals surface area contributed by atoms with Crippen LogP contribution in [0, 0.1) is 12.7 Å². The van der Waals surface area contributed by atoms with Gasteiger partial charge in [0.05, 0.1) is 31.4 Å². The monoisotopic (exact) mass is 902 g/mol. The lowest BCUT2D eigenvalue weighted by Crippen LogP contribution is -2.50. The van der Waals surface area contributed by atoms with Crippen LogP contribution in [0.3, 0.4) is 0 Å². The number of aromatic carboxylic acids is 1. The number of aromatic nitrogens is 3. The van der Waals surface area contributed by atoms with Crippen molar-refractivity contribution in [2.75, 3.05) is 44.4 Å². The third-order valence-corrected chi connectivity index (χ3v) is 14.4. The summed E-state index contributed by atoms with van der Waals surface area (Å²) in [6.45, 7) is 12.8. The minimum atomic E-state index is -1.12. The molecule has 4 atom stereocenters. The first kappa shape index (κ1) is 44.2. The number of likely N-dealkylation sites (tertiary alicyclic amines) is 1. The first-order valence-electron chi connectivity index (χ1n) is 23.7. The first-order chi connectivity index (χ1) is 31.9. The number of carboxylic acids is 1. The molecule has 1 saturated carbocycles. The topological polar surface area (TPSA) is 158 Å². The van der Waals surface area contributed by atoms with E-state index in [1.54, 1.807) is 18.2 Å². The number of fused-ring (bicyclic) bond motifs is 4. The van der Waals surface area contributed by atoms with Crippen molar-refractivity contribution in [3.8, 4) is 22.9 Å². The van der Waals surface area contributed by atoms with Gasteiger partial charge in [-0.3, -0.25) is 4.99 Å². The van der Waals surface area contributed by atoms with Crippen LogP contribution in [0.1, 0.15) is 128 Å². The number of halogens is 1. The van der Waals surface area contributed by atoms with Crippen LogP contribution in [0.2, 0.25) is 0 Å². The summed E-state index contributed by atoms with van der Waals surface area (Å²) in [6, 6.07) is 7.09. The van der Waals surface area contributed by atoms with Crippen LogP contribution in [0.5, 0.6) is 11.8 Å². The van der Waals surface area contributed by atoms with E-state index in [1.807, 2.05) is 31.9 Å². The number of hydrogen-bond acceptors (Lipinski definition) is 12. The Bertz CT molecular complexity index is 2550. The van der Waals surface area contributed by atoms with Gasteiger partial charge in [-0.1, -0.05) is 12.6 Å². The van der Waals surface area contributed by atoms with Gasteiger partial charge in [-0.25, -0.2) is 19.0 Å². The third-order valence-electron chi connectivity index (χ3n) is 14.4. The van der Waals surface area contributed by atoms with Crippen molar-refractivity contribution in [2.45, 2.75) is 133 Å². The van der Waals surface area contributed by atoms with E-state index >= 15 is 4.39 Å². The van der Waals surface area contributed by atoms with Gasteiger partial charge in [-0.15, -0.1) is 0 Å². The molecule has 14 nitrogen and oxygen atoms in total. The molecule has 10 rings (SSSR count). The average Bonchev–Trinajstić information content (AvgIpc) is 3.97. The Morgan fingerprint density at radius 2 is 1.83 bits per heavy atom. The molecule has 348 valence electrons. The number of hydrogen-bond donors (Lipinski definition) is 1. The molecule has 0 spiro atoms. The third kappa shape index (κ3) is 8.83. The fourth-order valence-electron chi connectivity index (χ4n) is 10.4. The molecule has 4 aromatic rings. The molecule has 2 aromatic carbocycles. The Kier molecular flexibility index (Phi) is 12.2. The van der Waals surface area contributed by atoms with Crippen molar-refractivity contribution >= 4 is 35.0 Å². The minimum absolute atomic E-state index is 0.0103. The predicted molar refractivity (Wildman–Crippen MR) is 247 cm³/mol. The number of piperazine rings is 1. The molecule has 1 N–H and O–H groups in total. The molecular formula is C51H59FN6O8. The van der Waals surface area contributed by atoms with Crippen LogP contribution in [0.15, 0.2) is 48.1 Å². The van der Waals surface area contributed by atoms with Gasteiger partial charge in [0.25, 0.3) is 0 Å². The van der Waals surface area contributed by atoms with Crippen molar-refractivity contribution in [3.63, 3.8) is 0 Å². The van der Waals surface area contributed by atoms with Gasteiger partial charge in [0, 0.05) is 85.1 Å². The zero-order chi connectivity index (χ0) is 45.7. The lowest BCUT2D eigenvalue weighted by atomic mass is 9.80. The Labute approximate surface area is 384 Å².